The number of halogens is 4. The van der Waals surface area contributed by atoms with Crippen molar-refractivity contribution in [1.29, 1.82) is 0 Å². The van der Waals surface area contributed by atoms with Crippen LogP contribution in [0.1, 0.15) is 66.5 Å². The first-order valence-electron chi connectivity index (χ1n) is 11.2. The Kier molecular flexibility index (Phi) is 8.79. The number of carbonyl (C=O) groups is 2. The predicted molar refractivity (Wildman–Crippen MR) is 132 cm³/mol. The summed E-state index contributed by atoms with van der Waals surface area (Å²) >= 11 is 7.55. The van der Waals surface area contributed by atoms with E-state index in [1.807, 2.05) is 13.8 Å². The van der Waals surface area contributed by atoms with Crippen molar-refractivity contribution in [3.63, 3.8) is 0 Å². The summed E-state index contributed by atoms with van der Waals surface area (Å²) in [6, 6.07) is 9.34. The number of nitrogens with zero attached hydrogens (tertiary/aromatic N) is 1. The molecule has 36 heavy (non-hydrogen) atoms. The Bertz CT molecular complexity index is 1240. The Labute approximate surface area is 216 Å². The topological polar surface area (TPSA) is 65.5 Å². The number of benzene rings is 2. The molecule has 0 bridgehead atoms. The molecule has 0 fully saturated rings. The molecule has 0 amide bonds. The van der Waals surface area contributed by atoms with Crippen LogP contribution in [0, 0.1) is 5.92 Å². The Morgan fingerprint density at radius 2 is 1.72 bits per heavy atom. The summed E-state index contributed by atoms with van der Waals surface area (Å²) in [7, 11) is 0. The number of aromatic nitrogens is 1. The van der Waals surface area contributed by atoms with Gasteiger partial charge in [-0.2, -0.15) is 13.2 Å². The summed E-state index contributed by atoms with van der Waals surface area (Å²) in [5.74, 6) is -0.872. The zero-order valence-electron chi connectivity index (χ0n) is 20.1. The van der Waals surface area contributed by atoms with Gasteiger partial charge < -0.3 is 0 Å². The van der Waals surface area contributed by atoms with Gasteiger partial charge in [-0.1, -0.05) is 51.4 Å². The predicted octanol–water partition coefficient (Wildman–Crippen LogP) is 7.91. The number of aryl methyl sites for hydroxylation is 1. The molecule has 3 rings (SSSR count). The van der Waals surface area contributed by atoms with Crippen LogP contribution >= 0.6 is 22.9 Å². The minimum absolute atomic E-state index is 0.0778. The van der Waals surface area contributed by atoms with Gasteiger partial charge in [-0.15, -0.1) is 11.3 Å². The highest BCUT2D eigenvalue weighted by Crippen LogP contribution is 2.35. The number of carbonyl (C=O) groups excluding carboxylic acids is 2. The molecule has 0 radical (unpaired) electrons. The van der Waals surface area contributed by atoms with Gasteiger partial charge >= 0.3 is 12.1 Å². The fourth-order valence-electron chi connectivity index (χ4n) is 3.21. The maximum absolute atomic E-state index is 12.9. The largest absolute Gasteiger partial charge is 0.416 e. The molecule has 0 unspecified atom stereocenters. The summed E-state index contributed by atoms with van der Waals surface area (Å²) in [5.41, 5.74) is 1.07. The van der Waals surface area contributed by atoms with Crippen LogP contribution in [-0.4, -0.2) is 16.7 Å². The molecule has 0 saturated carbocycles. The Balaban J connectivity index is 1.71. The van der Waals surface area contributed by atoms with Crippen molar-refractivity contribution in [3.05, 3.63) is 69.2 Å². The van der Waals surface area contributed by atoms with E-state index in [2.05, 4.69) is 4.98 Å². The van der Waals surface area contributed by atoms with Gasteiger partial charge in [0, 0.05) is 22.4 Å². The van der Waals surface area contributed by atoms with Gasteiger partial charge in [0.15, 0.2) is 11.5 Å². The van der Waals surface area contributed by atoms with Crippen LogP contribution in [0.4, 0.5) is 13.2 Å². The van der Waals surface area contributed by atoms with Crippen LogP contribution in [0.25, 0.3) is 10.6 Å². The zero-order chi connectivity index (χ0) is 26.6. The second kappa shape index (κ2) is 11.4. The molecule has 0 atom stereocenters. The minimum atomic E-state index is -4.40. The quantitative estimate of drug-likeness (QED) is 0.157. The van der Waals surface area contributed by atoms with Crippen molar-refractivity contribution in [1.82, 2.24) is 4.98 Å². The molecule has 192 valence electrons. The molecule has 5 nitrogen and oxygen atoms in total. The van der Waals surface area contributed by atoms with Gasteiger partial charge in [0.2, 0.25) is 0 Å². The number of hydrogen-bond acceptors (Lipinski definition) is 6. The third-order valence-electron chi connectivity index (χ3n) is 5.25. The van der Waals surface area contributed by atoms with Crippen molar-refractivity contribution < 1.29 is 32.5 Å². The maximum atomic E-state index is 12.9. The standard InChI is InChI=1S/C26H25ClF3NO4S/c1-14(2)23-22(36-24(31-23)16-5-8-18(9-6-16)26(28,29)30)12-10-20(32)17-7-11-21(19(27)13-17)34-35-25(33)15(3)4/h5-9,11,13-15H,10,12H2,1-4H3. The van der Waals surface area contributed by atoms with Crippen LogP contribution < -0.4 is 4.89 Å². The Hall–Kier alpha value is -2.91. The van der Waals surface area contributed by atoms with Gasteiger partial charge in [-0.25, -0.2) is 9.78 Å². The van der Waals surface area contributed by atoms with E-state index in [4.69, 9.17) is 21.4 Å². The van der Waals surface area contributed by atoms with Crippen molar-refractivity contribution in [2.24, 2.45) is 5.92 Å². The molecule has 0 aliphatic carbocycles. The molecule has 1 heterocycles. The number of thiazole rings is 1. The molecule has 0 saturated heterocycles. The first-order valence-corrected chi connectivity index (χ1v) is 12.4. The minimum Gasteiger partial charge on any atom is -0.294 e. The average molecular weight is 540 g/mol. The number of ketones is 1. The van der Waals surface area contributed by atoms with Gasteiger partial charge in [-0.3, -0.25) is 14.6 Å². The first-order chi connectivity index (χ1) is 16.9. The Morgan fingerprint density at radius 1 is 1.06 bits per heavy atom. The molecule has 3 aromatic rings. The summed E-state index contributed by atoms with van der Waals surface area (Å²) in [5, 5.41) is 0.734. The maximum Gasteiger partial charge on any atom is 0.416 e. The fraction of sp³-hybridized carbons (Fsp3) is 0.346. The number of hydrogen-bond donors (Lipinski definition) is 0. The number of rotatable bonds is 9. The molecule has 1 aromatic heterocycles. The third kappa shape index (κ3) is 6.85. The lowest BCUT2D eigenvalue weighted by Gasteiger charge is -2.09. The molecule has 0 spiro atoms. The van der Waals surface area contributed by atoms with Crippen LogP contribution in [0.3, 0.4) is 0 Å². The monoisotopic (exact) mass is 539 g/mol. The van der Waals surface area contributed by atoms with Crippen LogP contribution in [0.2, 0.25) is 5.02 Å². The van der Waals surface area contributed by atoms with Gasteiger partial charge in [0.1, 0.15) is 5.01 Å². The summed E-state index contributed by atoms with van der Waals surface area (Å²) in [4.78, 5) is 39.6. The second-order valence-electron chi connectivity index (χ2n) is 8.77. The van der Waals surface area contributed by atoms with Crippen molar-refractivity contribution in [2.45, 2.75) is 52.6 Å². The zero-order valence-corrected chi connectivity index (χ0v) is 21.7. The van der Waals surface area contributed by atoms with E-state index in [1.54, 1.807) is 13.8 Å². The molecular weight excluding hydrogens is 515 g/mol. The summed E-state index contributed by atoms with van der Waals surface area (Å²) in [6.07, 6.45) is -3.79. The van der Waals surface area contributed by atoms with Gasteiger partial charge in [-0.05, 0) is 42.7 Å². The van der Waals surface area contributed by atoms with E-state index >= 15 is 0 Å². The highest BCUT2D eigenvalue weighted by Gasteiger charge is 2.30. The van der Waals surface area contributed by atoms with E-state index in [1.165, 1.54) is 41.7 Å². The highest BCUT2D eigenvalue weighted by molar-refractivity contribution is 7.15. The molecule has 2 aromatic carbocycles. The summed E-state index contributed by atoms with van der Waals surface area (Å²) in [6.45, 7) is 7.27. The summed E-state index contributed by atoms with van der Waals surface area (Å²) < 4.78 is 38.6. The van der Waals surface area contributed by atoms with E-state index in [0.717, 1.165) is 22.7 Å². The lowest BCUT2D eigenvalue weighted by molar-refractivity contribution is -0.217. The third-order valence-corrected chi connectivity index (χ3v) is 6.73. The van der Waals surface area contributed by atoms with Crippen molar-refractivity contribution >= 4 is 34.7 Å². The molecule has 10 heteroatoms. The average Bonchev–Trinajstić information content (AvgIpc) is 3.25. The van der Waals surface area contributed by atoms with E-state index in [-0.39, 0.29) is 34.8 Å². The van der Waals surface area contributed by atoms with E-state index in [9.17, 15) is 22.8 Å². The van der Waals surface area contributed by atoms with Crippen LogP contribution in [0.5, 0.6) is 5.75 Å². The molecule has 0 aliphatic rings. The number of Topliss-reactive ketones (excluding diaryl/α,β-unsaturated/α-hetero) is 1. The van der Waals surface area contributed by atoms with Gasteiger partial charge in [0.05, 0.1) is 22.2 Å². The van der Waals surface area contributed by atoms with Crippen LogP contribution in [-0.2, 0) is 22.3 Å². The SMILES string of the molecule is CC(C)C(=O)OOc1ccc(C(=O)CCc2sc(-c3ccc(C(F)(F)F)cc3)nc2C(C)C)cc1Cl. The molecule has 0 N–H and O–H groups in total. The highest BCUT2D eigenvalue weighted by atomic mass is 35.5. The molecule has 0 aliphatic heterocycles. The molecular formula is C26H25ClF3NO4S. The van der Waals surface area contributed by atoms with E-state index < -0.39 is 17.7 Å². The van der Waals surface area contributed by atoms with Crippen molar-refractivity contribution in [2.75, 3.05) is 0 Å². The lowest BCUT2D eigenvalue weighted by atomic mass is 10.0. The lowest BCUT2D eigenvalue weighted by Crippen LogP contribution is -2.14. The van der Waals surface area contributed by atoms with E-state index in [0.29, 0.717) is 22.6 Å². The normalized spacial score (nSPS) is 11.7. The fourth-order valence-corrected chi connectivity index (χ4v) is 4.65. The van der Waals surface area contributed by atoms with Gasteiger partial charge in [0.25, 0.3) is 0 Å². The smallest absolute Gasteiger partial charge is 0.294 e. The second-order valence-corrected chi connectivity index (χ2v) is 10.3. The Morgan fingerprint density at radius 3 is 2.28 bits per heavy atom. The first kappa shape index (κ1) is 27.7. The number of alkyl halides is 3. The van der Waals surface area contributed by atoms with Crippen molar-refractivity contribution in [3.8, 4) is 16.3 Å². The van der Waals surface area contributed by atoms with Crippen LogP contribution in [0.15, 0.2) is 42.5 Å².